The molecule has 1 heterocycles. The second-order valence-corrected chi connectivity index (χ2v) is 5.39. The first-order chi connectivity index (χ1) is 9.52. The lowest BCUT2D eigenvalue weighted by atomic mass is 10.2. The van der Waals surface area contributed by atoms with Gasteiger partial charge in [-0.05, 0) is 6.07 Å². The monoisotopic (exact) mass is 314 g/mol. The van der Waals surface area contributed by atoms with E-state index in [0.717, 1.165) is 11.3 Å². The van der Waals surface area contributed by atoms with Gasteiger partial charge in [0.05, 0.1) is 7.11 Å². The van der Waals surface area contributed by atoms with Gasteiger partial charge in [-0.25, -0.2) is 14.2 Å². The summed E-state index contributed by atoms with van der Waals surface area (Å²) in [6.07, 6.45) is 0. The minimum absolute atomic E-state index is 0.0947. The molecule has 106 valence electrons. The van der Waals surface area contributed by atoms with Gasteiger partial charge in [-0.15, -0.1) is 0 Å². The number of hydrogen-bond donors (Lipinski definition) is 0. The van der Waals surface area contributed by atoms with Crippen LogP contribution in [0.1, 0.15) is 15.2 Å². The number of carbonyl (C=O) groups is 1. The highest BCUT2D eigenvalue weighted by atomic mass is 35.5. The van der Waals surface area contributed by atoms with Crippen LogP contribution in [-0.2, 0) is 11.3 Å². The molecule has 2 rings (SSSR count). The molecule has 0 aliphatic rings. The molecule has 4 nitrogen and oxygen atoms in total. The Morgan fingerprint density at radius 2 is 2.20 bits per heavy atom. The van der Waals surface area contributed by atoms with Gasteiger partial charge in [0.2, 0.25) is 0 Å². The van der Waals surface area contributed by atoms with Crippen molar-refractivity contribution in [2.24, 2.45) is 0 Å². The minimum atomic E-state index is -0.530. The Morgan fingerprint density at radius 1 is 1.50 bits per heavy atom. The van der Waals surface area contributed by atoms with Gasteiger partial charge in [0, 0.05) is 19.2 Å². The molecule has 0 aliphatic heterocycles. The van der Waals surface area contributed by atoms with E-state index in [0.29, 0.717) is 17.2 Å². The van der Waals surface area contributed by atoms with Crippen LogP contribution in [0.25, 0.3) is 0 Å². The van der Waals surface area contributed by atoms with E-state index in [2.05, 4.69) is 9.72 Å². The van der Waals surface area contributed by atoms with Crippen LogP contribution in [0.4, 0.5) is 9.52 Å². The summed E-state index contributed by atoms with van der Waals surface area (Å²) < 4.78 is 18.2. The summed E-state index contributed by atoms with van der Waals surface area (Å²) in [6.45, 7) is 0.330. The second kappa shape index (κ2) is 6.19. The maximum atomic E-state index is 13.6. The molecule has 2 aromatic rings. The number of nitrogens with zero attached hydrogens (tertiary/aromatic N) is 2. The number of methoxy groups -OCH3 is 1. The Hall–Kier alpha value is -1.66. The van der Waals surface area contributed by atoms with Gasteiger partial charge in [-0.3, -0.25) is 0 Å². The molecule has 1 aromatic carbocycles. The molecule has 0 amide bonds. The van der Waals surface area contributed by atoms with Gasteiger partial charge >= 0.3 is 5.97 Å². The first kappa shape index (κ1) is 14.7. The van der Waals surface area contributed by atoms with Crippen molar-refractivity contribution >= 4 is 34.0 Å². The molecule has 0 fully saturated rings. The lowest BCUT2D eigenvalue weighted by molar-refractivity contribution is 0.0606. The number of hydrogen-bond acceptors (Lipinski definition) is 5. The summed E-state index contributed by atoms with van der Waals surface area (Å²) >= 11 is 7.01. The topological polar surface area (TPSA) is 42.4 Å². The quantitative estimate of drug-likeness (QED) is 0.812. The second-order valence-electron chi connectivity index (χ2n) is 4.06. The molecule has 0 bridgehead atoms. The van der Waals surface area contributed by atoms with Gasteiger partial charge in [-0.2, -0.15) is 0 Å². The molecule has 0 saturated carbocycles. The maximum Gasteiger partial charge on any atom is 0.351 e. The fourth-order valence-corrected chi connectivity index (χ4v) is 2.78. The van der Waals surface area contributed by atoms with Crippen LogP contribution in [0, 0.1) is 5.82 Å². The van der Waals surface area contributed by atoms with Gasteiger partial charge in [0.1, 0.15) is 5.82 Å². The third-order valence-electron chi connectivity index (χ3n) is 2.64. The number of halogens is 2. The van der Waals surface area contributed by atoms with Crippen LogP contribution in [-0.4, -0.2) is 25.1 Å². The van der Waals surface area contributed by atoms with Gasteiger partial charge in [0.25, 0.3) is 0 Å². The summed E-state index contributed by atoms with van der Waals surface area (Å²) in [5, 5.41) is 0.621. The first-order valence-corrected chi connectivity index (χ1v) is 6.91. The van der Waals surface area contributed by atoms with E-state index in [1.807, 2.05) is 0 Å². The summed E-state index contributed by atoms with van der Waals surface area (Å²) in [5.41, 5.74) is 0.543. The molecule has 0 N–H and O–H groups in total. The number of rotatable bonds is 4. The van der Waals surface area contributed by atoms with E-state index in [9.17, 15) is 9.18 Å². The normalized spacial score (nSPS) is 10.4. The van der Waals surface area contributed by atoms with Crippen molar-refractivity contribution in [1.82, 2.24) is 4.98 Å². The molecule has 7 heteroatoms. The highest BCUT2D eigenvalue weighted by Crippen LogP contribution is 2.30. The van der Waals surface area contributed by atoms with Crippen molar-refractivity contribution < 1.29 is 13.9 Å². The van der Waals surface area contributed by atoms with Crippen LogP contribution >= 0.6 is 22.9 Å². The summed E-state index contributed by atoms with van der Waals surface area (Å²) in [6, 6.07) is 6.50. The average Bonchev–Trinajstić information content (AvgIpc) is 2.82. The van der Waals surface area contributed by atoms with Crippen LogP contribution in [0.5, 0.6) is 0 Å². The molecular formula is C13H12ClFN2O2S. The van der Waals surface area contributed by atoms with Crippen molar-refractivity contribution in [3.05, 3.63) is 45.7 Å². The number of anilines is 1. The zero-order chi connectivity index (χ0) is 14.7. The molecule has 0 spiro atoms. The molecule has 0 atom stereocenters. The van der Waals surface area contributed by atoms with Crippen molar-refractivity contribution in [3.63, 3.8) is 0 Å². The smallest absolute Gasteiger partial charge is 0.351 e. The molecule has 0 radical (unpaired) electrons. The van der Waals surface area contributed by atoms with E-state index in [-0.39, 0.29) is 15.8 Å². The Morgan fingerprint density at radius 3 is 2.85 bits per heavy atom. The Balaban J connectivity index is 2.20. The number of esters is 1. The number of thiazole rings is 1. The Bertz CT molecular complexity index is 633. The Labute approximate surface area is 124 Å². The van der Waals surface area contributed by atoms with E-state index in [1.54, 1.807) is 30.1 Å². The number of aromatic nitrogens is 1. The van der Waals surface area contributed by atoms with Crippen molar-refractivity contribution in [1.29, 1.82) is 0 Å². The summed E-state index contributed by atoms with van der Waals surface area (Å²) in [4.78, 5) is 17.5. The number of carbonyl (C=O) groups excluding carboxylic acids is 1. The summed E-state index contributed by atoms with van der Waals surface area (Å²) in [5.74, 6) is -0.812. The molecule has 20 heavy (non-hydrogen) atoms. The zero-order valence-corrected chi connectivity index (χ0v) is 12.5. The highest BCUT2D eigenvalue weighted by Gasteiger charge is 2.19. The van der Waals surface area contributed by atoms with E-state index in [4.69, 9.17) is 11.6 Å². The number of ether oxygens (including phenoxy) is 1. The molecule has 0 unspecified atom stereocenters. The van der Waals surface area contributed by atoms with Crippen LogP contribution in [0.15, 0.2) is 24.3 Å². The third kappa shape index (κ3) is 3.08. The fourth-order valence-electron chi connectivity index (χ4n) is 1.62. The van der Waals surface area contributed by atoms with Crippen LogP contribution < -0.4 is 4.90 Å². The molecule has 0 aliphatic carbocycles. The van der Waals surface area contributed by atoms with E-state index >= 15 is 0 Å². The van der Waals surface area contributed by atoms with Gasteiger partial charge in [-0.1, -0.05) is 41.1 Å². The molecule has 0 saturated heterocycles. The van der Waals surface area contributed by atoms with E-state index < -0.39 is 5.97 Å². The van der Waals surface area contributed by atoms with Crippen molar-refractivity contribution in [2.75, 3.05) is 19.1 Å². The van der Waals surface area contributed by atoms with E-state index in [1.165, 1.54) is 13.2 Å². The van der Waals surface area contributed by atoms with Gasteiger partial charge < -0.3 is 9.64 Å². The average molecular weight is 315 g/mol. The Kier molecular flexibility index (Phi) is 4.57. The maximum absolute atomic E-state index is 13.6. The lowest BCUT2D eigenvalue weighted by Gasteiger charge is -2.15. The highest BCUT2D eigenvalue weighted by molar-refractivity contribution is 7.18. The van der Waals surface area contributed by atoms with Crippen molar-refractivity contribution in [3.8, 4) is 0 Å². The van der Waals surface area contributed by atoms with Crippen LogP contribution in [0.2, 0.25) is 5.15 Å². The minimum Gasteiger partial charge on any atom is -0.465 e. The SMILES string of the molecule is COC(=O)c1sc(N(C)Cc2ccccc2F)nc1Cl. The summed E-state index contributed by atoms with van der Waals surface area (Å²) in [7, 11) is 3.03. The van der Waals surface area contributed by atoms with Crippen molar-refractivity contribution in [2.45, 2.75) is 6.54 Å². The lowest BCUT2D eigenvalue weighted by Crippen LogP contribution is -2.16. The molecule has 1 aromatic heterocycles. The third-order valence-corrected chi connectivity index (χ3v) is 4.17. The molecular weight excluding hydrogens is 303 g/mol. The fraction of sp³-hybridized carbons (Fsp3) is 0.231. The zero-order valence-electron chi connectivity index (χ0n) is 10.9. The van der Waals surface area contributed by atoms with Gasteiger partial charge in [0.15, 0.2) is 15.2 Å². The van der Waals surface area contributed by atoms with Crippen LogP contribution in [0.3, 0.4) is 0 Å². The first-order valence-electron chi connectivity index (χ1n) is 5.72. The number of benzene rings is 1. The largest absolute Gasteiger partial charge is 0.465 e. The predicted octanol–water partition coefficient (Wildman–Crippen LogP) is 3.36. The standard InChI is InChI=1S/C13H12ClFN2O2S/c1-17(7-8-5-3-4-6-9(8)15)13-16-11(14)10(20-13)12(18)19-2/h3-6H,7H2,1-2H3. The predicted molar refractivity (Wildman–Crippen MR) is 77.0 cm³/mol.